The summed E-state index contributed by atoms with van der Waals surface area (Å²) >= 11 is 5.98. The molecule has 0 spiro atoms. The first-order valence-electron chi connectivity index (χ1n) is 8.75. The molecule has 0 aliphatic heterocycles. The third-order valence-corrected chi connectivity index (χ3v) is 4.38. The molecule has 0 radical (unpaired) electrons. The number of likely N-dealkylation sites (N-methyl/N-ethyl adjacent to an activating group) is 1. The second-order valence-electron chi connectivity index (χ2n) is 6.48. The summed E-state index contributed by atoms with van der Waals surface area (Å²) in [6, 6.07) is 5.97. The summed E-state index contributed by atoms with van der Waals surface area (Å²) in [6.45, 7) is 7.72. The lowest BCUT2D eigenvalue weighted by atomic mass is 10.0. The van der Waals surface area contributed by atoms with Crippen molar-refractivity contribution in [3.8, 4) is 0 Å². The highest BCUT2D eigenvalue weighted by Gasteiger charge is 2.34. The summed E-state index contributed by atoms with van der Waals surface area (Å²) < 4.78 is 0.951. The number of pyridine rings is 1. The fourth-order valence-electron chi connectivity index (χ4n) is 2.81. The number of carbonyl (C=O) groups excluding carboxylic acids is 2. The summed E-state index contributed by atoms with van der Waals surface area (Å²) in [5.41, 5.74) is -0.260. The number of aromatic nitrogens is 1. The van der Waals surface area contributed by atoms with Crippen molar-refractivity contribution in [3.05, 3.63) is 85.8 Å². The van der Waals surface area contributed by atoms with E-state index in [2.05, 4.69) is 6.58 Å². The maximum Gasteiger partial charge on any atom is 0.270 e. The minimum atomic E-state index is -1.55. The Morgan fingerprint density at radius 1 is 1.31 bits per heavy atom. The molecule has 2 aromatic rings. The van der Waals surface area contributed by atoms with Crippen LogP contribution in [0.25, 0.3) is 0 Å². The Kier molecular flexibility index (Phi) is 7.06. The Balaban J connectivity index is 2.62. The lowest BCUT2D eigenvalue weighted by Crippen LogP contribution is -2.44. The second kappa shape index (κ2) is 9.29. The van der Waals surface area contributed by atoms with Gasteiger partial charge in [-0.05, 0) is 19.9 Å². The number of halogens is 1. The van der Waals surface area contributed by atoms with Crippen LogP contribution >= 0.6 is 11.6 Å². The first-order chi connectivity index (χ1) is 13.6. The fraction of sp³-hybridized carbons (Fsp3) is 0.250. The molecule has 1 unspecified atom stereocenters. The number of Topliss-reactive ketones (excluding diaryl/α,β-unsaturated/α-hetero) is 1. The van der Waals surface area contributed by atoms with Gasteiger partial charge in [-0.15, -0.1) is 0 Å². The van der Waals surface area contributed by atoms with Gasteiger partial charge in [-0.2, -0.15) is 0 Å². The Morgan fingerprint density at radius 3 is 2.59 bits per heavy atom. The van der Waals surface area contributed by atoms with Crippen molar-refractivity contribution in [2.24, 2.45) is 0 Å². The zero-order chi connectivity index (χ0) is 21.7. The molecule has 1 aromatic heterocycles. The van der Waals surface area contributed by atoms with E-state index in [1.807, 2.05) is 0 Å². The van der Waals surface area contributed by atoms with Crippen molar-refractivity contribution >= 4 is 29.0 Å². The molecular formula is C20H20ClN3O5. The number of nitro groups is 1. The van der Waals surface area contributed by atoms with Crippen molar-refractivity contribution < 1.29 is 14.5 Å². The van der Waals surface area contributed by atoms with Gasteiger partial charge in [0.15, 0.2) is 11.8 Å². The first-order valence-corrected chi connectivity index (χ1v) is 9.13. The maximum atomic E-state index is 13.2. The van der Waals surface area contributed by atoms with Gasteiger partial charge in [-0.1, -0.05) is 35.9 Å². The van der Waals surface area contributed by atoms with Crippen LogP contribution in [0.3, 0.4) is 0 Å². The van der Waals surface area contributed by atoms with E-state index in [9.17, 15) is 24.5 Å². The molecule has 0 aliphatic rings. The Morgan fingerprint density at radius 2 is 2.00 bits per heavy atom. The predicted molar refractivity (Wildman–Crippen MR) is 109 cm³/mol. The number of benzene rings is 1. The molecule has 0 saturated heterocycles. The van der Waals surface area contributed by atoms with Crippen LogP contribution in [-0.2, 0) is 4.79 Å². The van der Waals surface area contributed by atoms with Crippen LogP contribution in [-0.4, -0.2) is 39.2 Å². The monoisotopic (exact) mass is 417 g/mol. The van der Waals surface area contributed by atoms with Gasteiger partial charge in [-0.25, -0.2) is 0 Å². The van der Waals surface area contributed by atoms with Crippen LogP contribution in [0.5, 0.6) is 0 Å². The quantitative estimate of drug-likeness (QED) is 0.215. The molecule has 9 heteroatoms. The van der Waals surface area contributed by atoms with Crippen molar-refractivity contribution in [2.75, 3.05) is 13.1 Å². The Hall–Kier alpha value is -3.26. The molecule has 0 N–H and O–H groups in total. The van der Waals surface area contributed by atoms with E-state index >= 15 is 0 Å². The van der Waals surface area contributed by atoms with E-state index in [1.54, 1.807) is 13.8 Å². The molecule has 0 aliphatic carbocycles. The van der Waals surface area contributed by atoms with Gasteiger partial charge < -0.3 is 4.90 Å². The van der Waals surface area contributed by atoms with Crippen molar-refractivity contribution in [2.45, 2.75) is 19.9 Å². The Labute approximate surface area is 172 Å². The van der Waals surface area contributed by atoms with E-state index in [-0.39, 0.29) is 29.4 Å². The third kappa shape index (κ3) is 5.17. The number of hydrogen-bond acceptors (Lipinski definition) is 5. The summed E-state index contributed by atoms with van der Waals surface area (Å²) in [6.07, 6.45) is 1.20. The second-order valence-corrected chi connectivity index (χ2v) is 6.91. The van der Waals surface area contributed by atoms with Crippen LogP contribution in [0.2, 0.25) is 5.02 Å². The smallest absolute Gasteiger partial charge is 0.270 e. The topological polar surface area (TPSA) is 103 Å². The summed E-state index contributed by atoms with van der Waals surface area (Å²) in [7, 11) is 0. The molecule has 2 rings (SSSR count). The molecule has 1 heterocycles. The van der Waals surface area contributed by atoms with E-state index in [0.29, 0.717) is 5.57 Å². The minimum Gasteiger partial charge on any atom is -0.337 e. The third-order valence-electron chi connectivity index (χ3n) is 4.16. The average Bonchev–Trinajstić information content (AvgIpc) is 2.68. The SMILES string of the molecule is C=C(C)CN(CC)C(=O)C(C(=O)c1cccc([N+](=O)[O-])c1)n1cc(Cl)ccc1=O. The van der Waals surface area contributed by atoms with Crippen LogP contribution in [0.15, 0.2) is 59.5 Å². The summed E-state index contributed by atoms with van der Waals surface area (Å²) in [5.74, 6) is -1.38. The van der Waals surface area contributed by atoms with E-state index in [0.717, 1.165) is 16.7 Å². The number of carbonyl (C=O) groups is 2. The van der Waals surface area contributed by atoms with Gasteiger partial charge in [0.2, 0.25) is 0 Å². The molecule has 29 heavy (non-hydrogen) atoms. The molecule has 1 amide bonds. The average molecular weight is 418 g/mol. The van der Waals surface area contributed by atoms with Crippen molar-refractivity contribution in [3.63, 3.8) is 0 Å². The lowest BCUT2D eigenvalue weighted by molar-refractivity contribution is -0.384. The lowest BCUT2D eigenvalue weighted by Gasteiger charge is -2.27. The highest BCUT2D eigenvalue weighted by atomic mass is 35.5. The van der Waals surface area contributed by atoms with E-state index < -0.39 is 28.2 Å². The normalized spacial score (nSPS) is 11.6. The number of ketones is 1. The molecule has 152 valence electrons. The predicted octanol–water partition coefficient (Wildman–Crippen LogP) is 3.26. The molecule has 1 atom stereocenters. The fourth-order valence-corrected chi connectivity index (χ4v) is 2.98. The number of amides is 1. The van der Waals surface area contributed by atoms with Gasteiger partial charge in [0, 0.05) is 43.0 Å². The minimum absolute atomic E-state index is 0.0594. The van der Waals surface area contributed by atoms with Crippen LogP contribution in [0.1, 0.15) is 30.2 Å². The summed E-state index contributed by atoms with van der Waals surface area (Å²) in [4.78, 5) is 50.7. The van der Waals surface area contributed by atoms with Crippen LogP contribution in [0, 0.1) is 10.1 Å². The van der Waals surface area contributed by atoms with Crippen molar-refractivity contribution in [1.29, 1.82) is 0 Å². The number of rotatable bonds is 8. The zero-order valence-corrected chi connectivity index (χ0v) is 16.8. The van der Waals surface area contributed by atoms with Gasteiger partial charge in [-0.3, -0.25) is 29.1 Å². The van der Waals surface area contributed by atoms with Gasteiger partial charge in [0.1, 0.15) is 0 Å². The van der Waals surface area contributed by atoms with E-state index in [1.165, 1.54) is 35.4 Å². The van der Waals surface area contributed by atoms with Gasteiger partial charge in [0.25, 0.3) is 17.2 Å². The van der Waals surface area contributed by atoms with Crippen LogP contribution < -0.4 is 5.56 Å². The van der Waals surface area contributed by atoms with E-state index in [4.69, 9.17) is 11.6 Å². The molecule has 0 fully saturated rings. The molecule has 8 nitrogen and oxygen atoms in total. The van der Waals surface area contributed by atoms with Crippen molar-refractivity contribution in [1.82, 2.24) is 9.47 Å². The first kappa shape index (κ1) is 22.0. The highest BCUT2D eigenvalue weighted by molar-refractivity contribution is 6.30. The van der Waals surface area contributed by atoms with Gasteiger partial charge >= 0.3 is 0 Å². The molecular weight excluding hydrogens is 398 g/mol. The number of non-ortho nitro benzene ring substituents is 1. The number of nitrogens with zero attached hydrogens (tertiary/aromatic N) is 3. The molecule has 0 bridgehead atoms. The molecule has 0 saturated carbocycles. The standard InChI is InChI=1S/C20H20ClN3O5/c1-4-22(11-13(2)3)20(27)18(23-12-15(21)8-9-17(23)25)19(26)14-6-5-7-16(10-14)24(28)29/h5-10,12,18H,2,4,11H2,1,3H3. The van der Waals surface area contributed by atoms with Crippen LogP contribution in [0.4, 0.5) is 5.69 Å². The number of nitro benzene ring substituents is 1. The Bertz CT molecular complexity index is 1030. The largest absolute Gasteiger partial charge is 0.337 e. The van der Waals surface area contributed by atoms with Gasteiger partial charge in [0.05, 0.1) is 9.95 Å². The summed E-state index contributed by atoms with van der Waals surface area (Å²) in [5, 5.41) is 11.2. The maximum absolute atomic E-state index is 13.2. The highest BCUT2D eigenvalue weighted by Crippen LogP contribution is 2.21. The zero-order valence-electron chi connectivity index (χ0n) is 16.0. The molecule has 1 aromatic carbocycles. The number of hydrogen-bond donors (Lipinski definition) is 0.